The Hall–Kier alpha value is -3.47. The number of nitrogens with one attached hydrogen (secondary N) is 1. The van der Waals surface area contributed by atoms with E-state index in [0.717, 1.165) is 27.9 Å². The summed E-state index contributed by atoms with van der Waals surface area (Å²) in [6.45, 7) is 2.02. The van der Waals surface area contributed by atoms with Crippen molar-refractivity contribution in [3.63, 3.8) is 0 Å². The van der Waals surface area contributed by atoms with E-state index in [4.69, 9.17) is 5.10 Å². The summed E-state index contributed by atoms with van der Waals surface area (Å²) in [5.41, 5.74) is 3.87. The van der Waals surface area contributed by atoms with Gasteiger partial charge in [-0.3, -0.25) is 9.59 Å². The Morgan fingerprint density at radius 3 is 2.44 bits per heavy atom. The van der Waals surface area contributed by atoms with Crippen molar-refractivity contribution in [1.82, 2.24) is 14.8 Å². The molecule has 0 fully saturated rings. The maximum atomic E-state index is 12.1. The Morgan fingerprint density at radius 1 is 1.04 bits per heavy atom. The molecule has 0 aliphatic carbocycles. The number of rotatable bonds is 3. The number of nitrogens with zero attached hydrogens (tertiary/aromatic N) is 2. The van der Waals surface area contributed by atoms with Gasteiger partial charge in [-0.15, -0.1) is 0 Å². The van der Waals surface area contributed by atoms with Gasteiger partial charge in [0.2, 0.25) is 0 Å². The average molecular weight is 329 g/mol. The van der Waals surface area contributed by atoms with Gasteiger partial charge in [0.1, 0.15) is 11.3 Å². The van der Waals surface area contributed by atoms with Crippen LogP contribution in [-0.4, -0.2) is 21.1 Å². The highest BCUT2D eigenvalue weighted by molar-refractivity contribution is 5.95. The lowest BCUT2D eigenvalue weighted by Gasteiger charge is -2.02. The van der Waals surface area contributed by atoms with Crippen LogP contribution in [-0.2, 0) is 0 Å². The van der Waals surface area contributed by atoms with Crippen LogP contribution >= 0.6 is 0 Å². The molecule has 2 aromatic carbocycles. The Kier molecular flexibility index (Phi) is 3.54. The normalized spacial score (nSPS) is 10.9. The number of carbonyl (C=O) groups excluding carboxylic acids is 1. The molecule has 0 aliphatic rings. The van der Waals surface area contributed by atoms with Crippen LogP contribution in [0.15, 0.2) is 65.5 Å². The Bertz CT molecular complexity index is 1120. The first-order valence-electron chi connectivity index (χ1n) is 7.91. The zero-order valence-corrected chi connectivity index (χ0v) is 13.6. The summed E-state index contributed by atoms with van der Waals surface area (Å²) >= 11 is 0. The number of aromatic nitrogens is 3. The minimum atomic E-state index is -0.421. The topological polar surface area (TPSA) is 67.8 Å². The van der Waals surface area contributed by atoms with Crippen LogP contribution in [0.25, 0.3) is 28.0 Å². The van der Waals surface area contributed by atoms with Crippen molar-refractivity contribution in [3.05, 3.63) is 82.1 Å². The largest absolute Gasteiger partial charge is 0.306 e. The summed E-state index contributed by atoms with van der Waals surface area (Å²) in [6, 6.07) is 19.2. The van der Waals surface area contributed by atoms with Crippen LogP contribution in [0.3, 0.4) is 0 Å². The zero-order valence-electron chi connectivity index (χ0n) is 13.6. The van der Waals surface area contributed by atoms with Crippen LogP contribution in [0.2, 0.25) is 0 Å². The second-order valence-corrected chi connectivity index (χ2v) is 5.90. The number of aromatic amines is 1. The van der Waals surface area contributed by atoms with Gasteiger partial charge in [0.05, 0.1) is 11.3 Å². The fourth-order valence-electron chi connectivity index (χ4n) is 2.86. The second kappa shape index (κ2) is 5.87. The number of fused-ring (bicyclic) bond motifs is 1. The van der Waals surface area contributed by atoms with Crippen LogP contribution in [0, 0.1) is 6.92 Å². The van der Waals surface area contributed by atoms with Gasteiger partial charge in [-0.25, -0.2) is 4.68 Å². The first kappa shape index (κ1) is 15.1. The molecular formula is C20H15N3O2. The van der Waals surface area contributed by atoms with Gasteiger partial charge in [-0.2, -0.15) is 5.10 Å². The smallest absolute Gasteiger partial charge is 0.260 e. The van der Waals surface area contributed by atoms with Crippen LogP contribution < -0.4 is 5.56 Å². The van der Waals surface area contributed by atoms with Crippen molar-refractivity contribution >= 4 is 17.3 Å². The molecule has 5 heteroatoms. The molecule has 5 nitrogen and oxygen atoms in total. The maximum Gasteiger partial charge on any atom is 0.260 e. The minimum Gasteiger partial charge on any atom is -0.306 e. The molecule has 0 saturated heterocycles. The van der Waals surface area contributed by atoms with Gasteiger partial charge in [0.15, 0.2) is 6.29 Å². The summed E-state index contributed by atoms with van der Waals surface area (Å²) in [7, 11) is 0. The van der Waals surface area contributed by atoms with Crippen molar-refractivity contribution in [2.24, 2.45) is 0 Å². The molecule has 2 heterocycles. The van der Waals surface area contributed by atoms with Gasteiger partial charge in [0.25, 0.3) is 5.56 Å². The highest BCUT2D eigenvalue weighted by Crippen LogP contribution is 2.28. The Labute approximate surface area is 143 Å². The van der Waals surface area contributed by atoms with Crippen LogP contribution in [0.1, 0.15) is 15.9 Å². The Balaban J connectivity index is 2.07. The summed E-state index contributed by atoms with van der Waals surface area (Å²) in [4.78, 5) is 26.1. The third-order valence-corrected chi connectivity index (χ3v) is 4.17. The fraction of sp³-hybridized carbons (Fsp3) is 0.0500. The lowest BCUT2D eigenvalue weighted by molar-refractivity contribution is 0.112. The molecule has 0 radical (unpaired) electrons. The fourth-order valence-corrected chi connectivity index (χ4v) is 2.86. The van der Waals surface area contributed by atoms with Gasteiger partial charge in [-0.1, -0.05) is 48.0 Å². The number of para-hydroxylation sites is 1. The Morgan fingerprint density at radius 2 is 1.76 bits per heavy atom. The second-order valence-electron chi connectivity index (χ2n) is 5.90. The summed E-state index contributed by atoms with van der Waals surface area (Å²) in [5.74, 6) is 0. The molecule has 4 rings (SSSR count). The van der Waals surface area contributed by atoms with E-state index in [1.54, 1.807) is 10.7 Å². The predicted octanol–water partition coefficient (Wildman–Crippen LogP) is 3.50. The lowest BCUT2D eigenvalue weighted by atomic mass is 10.1. The summed E-state index contributed by atoms with van der Waals surface area (Å²) in [5, 5.41) is 5.44. The monoisotopic (exact) mass is 329 g/mol. The maximum absolute atomic E-state index is 12.1. The summed E-state index contributed by atoms with van der Waals surface area (Å²) < 4.78 is 1.69. The number of carbonyl (C=O) groups is 1. The van der Waals surface area contributed by atoms with Crippen LogP contribution in [0.5, 0.6) is 0 Å². The highest BCUT2D eigenvalue weighted by Gasteiger charge is 2.16. The number of aldehydes is 1. The lowest BCUT2D eigenvalue weighted by Crippen LogP contribution is -2.12. The third kappa shape index (κ3) is 2.55. The van der Waals surface area contributed by atoms with E-state index in [1.165, 1.54) is 0 Å². The number of hydrogen-bond donors (Lipinski definition) is 1. The van der Waals surface area contributed by atoms with E-state index >= 15 is 0 Å². The molecule has 0 unspecified atom stereocenters. The number of pyridine rings is 1. The first-order valence-corrected chi connectivity index (χ1v) is 7.91. The van der Waals surface area contributed by atoms with Crippen molar-refractivity contribution in [3.8, 4) is 16.9 Å². The van der Waals surface area contributed by atoms with Crippen molar-refractivity contribution in [2.75, 3.05) is 0 Å². The third-order valence-electron chi connectivity index (χ3n) is 4.17. The van der Waals surface area contributed by atoms with E-state index in [-0.39, 0.29) is 5.56 Å². The quantitative estimate of drug-likeness (QED) is 0.585. The number of hydrogen-bond acceptors (Lipinski definition) is 3. The molecule has 0 spiro atoms. The number of aryl methyl sites for hydroxylation is 1. The molecule has 0 aliphatic heterocycles. The molecular weight excluding hydrogens is 314 g/mol. The average Bonchev–Trinajstić information content (AvgIpc) is 3.00. The molecule has 0 saturated carbocycles. The van der Waals surface area contributed by atoms with E-state index in [2.05, 4.69) is 4.98 Å². The first-order chi connectivity index (χ1) is 12.2. The van der Waals surface area contributed by atoms with Crippen molar-refractivity contribution < 1.29 is 4.79 Å². The zero-order chi connectivity index (χ0) is 17.4. The molecule has 0 atom stereocenters. The van der Waals surface area contributed by atoms with Crippen molar-refractivity contribution in [1.29, 1.82) is 0 Å². The minimum absolute atomic E-state index is 0.0912. The number of H-pyrrole nitrogens is 1. The molecule has 4 aromatic rings. The van der Waals surface area contributed by atoms with Gasteiger partial charge < -0.3 is 4.98 Å². The van der Waals surface area contributed by atoms with E-state index in [0.29, 0.717) is 11.9 Å². The SMILES string of the molecule is Cc1ccc(-c2nn(-c3ccccc3)c3[nH]c(=O)c(C=O)cc23)cc1. The molecule has 122 valence electrons. The van der Waals surface area contributed by atoms with Crippen molar-refractivity contribution in [2.45, 2.75) is 6.92 Å². The molecule has 25 heavy (non-hydrogen) atoms. The highest BCUT2D eigenvalue weighted by atomic mass is 16.1. The summed E-state index contributed by atoms with van der Waals surface area (Å²) in [6.07, 6.45) is 0.567. The molecule has 1 N–H and O–H groups in total. The molecule has 0 bridgehead atoms. The van der Waals surface area contributed by atoms with Gasteiger partial charge >= 0.3 is 0 Å². The standard InChI is InChI=1S/C20H15N3O2/c1-13-7-9-14(10-8-13)18-17-11-15(12-24)20(25)21-19(17)23(22-18)16-5-3-2-4-6-16/h2-12H,1H3,(H,21,25). The van der Waals surface area contributed by atoms with E-state index < -0.39 is 5.56 Å². The molecule has 2 aromatic heterocycles. The molecule has 0 amide bonds. The van der Waals surface area contributed by atoms with E-state index in [9.17, 15) is 9.59 Å². The predicted molar refractivity (Wildman–Crippen MR) is 97.3 cm³/mol. The van der Waals surface area contributed by atoms with Gasteiger partial charge in [0, 0.05) is 10.9 Å². The van der Waals surface area contributed by atoms with Crippen LogP contribution in [0.4, 0.5) is 0 Å². The van der Waals surface area contributed by atoms with Gasteiger partial charge in [-0.05, 0) is 25.1 Å². The van der Waals surface area contributed by atoms with E-state index in [1.807, 2.05) is 61.5 Å². The number of benzene rings is 2.